The number of pyridine rings is 1. The highest BCUT2D eigenvalue weighted by Crippen LogP contribution is 2.26. The molecular weight excluding hydrogens is 464 g/mol. The lowest BCUT2D eigenvalue weighted by molar-refractivity contribution is -0.137. The lowest BCUT2D eigenvalue weighted by Gasteiger charge is -2.15. The molecule has 4 rings (SSSR count). The third kappa shape index (κ3) is 5.05. The predicted octanol–water partition coefficient (Wildman–Crippen LogP) is 3.36. The second kappa shape index (κ2) is 9.43. The maximum absolute atomic E-state index is 12.8. The van der Waals surface area contributed by atoms with E-state index in [9.17, 15) is 18.0 Å². The number of imide groups is 1. The monoisotopic (exact) mass is 482 g/mol. The van der Waals surface area contributed by atoms with Crippen LogP contribution in [0.1, 0.15) is 5.56 Å². The third-order valence-corrected chi connectivity index (χ3v) is 6.64. The molecule has 0 atom stereocenters. The highest BCUT2D eigenvalue weighted by atomic mass is 35.5. The molecule has 0 unspecified atom stereocenters. The molecule has 0 bridgehead atoms. The third-order valence-electron chi connectivity index (χ3n) is 4.92. The van der Waals surface area contributed by atoms with E-state index < -0.39 is 21.8 Å². The van der Waals surface area contributed by atoms with Gasteiger partial charge in [0.05, 0.1) is 4.90 Å². The molecule has 0 saturated heterocycles. The van der Waals surface area contributed by atoms with Gasteiger partial charge in [-0.15, -0.1) is 0 Å². The van der Waals surface area contributed by atoms with Crippen molar-refractivity contribution >= 4 is 44.9 Å². The van der Waals surface area contributed by atoms with Gasteiger partial charge in [-0.3, -0.25) is 19.2 Å². The van der Waals surface area contributed by atoms with Crippen LogP contribution in [0.2, 0.25) is 0 Å². The molecule has 10 heteroatoms. The van der Waals surface area contributed by atoms with E-state index >= 15 is 0 Å². The molecule has 2 N–H and O–H groups in total. The van der Waals surface area contributed by atoms with Crippen LogP contribution in [0.5, 0.6) is 0 Å². The van der Waals surface area contributed by atoms with Crippen LogP contribution in [0.15, 0.2) is 94.6 Å². The fourth-order valence-corrected chi connectivity index (χ4v) is 4.46. The first-order chi connectivity index (χ1) is 15.8. The van der Waals surface area contributed by atoms with Crippen LogP contribution in [-0.4, -0.2) is 36.7 Å². The van der Waals surface area contributed by atoms with E-state index in [1.54, 1.807) is 12.1 Å². The van der Waals surface area contributed by atoms with Crippen molar-refractivity contribution in [2.24, 2.45) is 0 Å². The molecule has 2 aromatic carbocycles. The summed E-state index contributed by atoms with van der Waals surface area (Å²) >= 11 is 6.14. The van der Waals surface area contributed by atoms with Gasteiger partial charge in [0.1, 0.15) is 16.5 Å². The summed E-state index contributed by atoms with van der Waals surface area (Å²) in [6.45, 7) is 0.194. The number of rotatable bonds is 8. The number of nitrogens with one attached hydrogen (secondary N) is 2. The van der Waals surface area contributed by atoms with Crippen LogP contribution >= 0.6 is 11.6 Å². The molecule has 0 aliphatic carbocycles. The fourth-order valence-electron chi connectivity index (χ4n) is 3.22. The molecule has 0 saturated carbocycles. The van der Waals surface area contributed by atoms with E-state index in [0.29, 0.717) is 12.1 Å². The molecule has 168 valence electrons. The lowest BCUT2D eigenvalue weighted by Crippen LogP contribution is -2.34. The minimum Gasteiger partial charge on any atom is -0.350 e. The van der Waals surface area contributed by atoms with Gasteiger partial charge in [0.25, 0.3) is 21.8 Å². The maximum atomic E-state index is 12.8. The van der Waals surface area contributed by atoms with E-state index in [1.807, 2.05) is 30.3 Å². The Bertz CT molecular complexity index is 1310. The molecule has 1 aliphatic heterocycles. The van der Waals surface area contributed by atoms with Crippen LogP contribution in [0.4, 0.5) is 11.5 Å². The number of nitrogens with zero attached hydrogens (tertiary/aromatic N) is 2. The molecule has 0 spiro atoms. The summed E-state index contributed by atoms with van der Waals surface area (Å²) in [7, 11) is -3.84. The Kier molecular flexibility index (Phi) is 6.43. The first-order valence-corrected chi connectivity index (χ1v) is 11.8. The Morgan fingerprint density at radius 3 is 2.24 bits per heavy atom. The van der Waals surface area contributed by atoms with Gasteiger partial charge in [-0.1, -0.05) is 48.0 Å². The van der Waals surface area contributed by atoms with Crippen molar-refractivity contribution < 1.29 is 18.0 Å². The Balaban J connectivity index is 1.44. The van der Waals surface area contributed by atoms with Crippen LogP contribution in [0, 0.1) is 0 Å². The van der Waals surface area contributed by atoms with Gasteiger partial charge in [0, 0.05) is 18.4 Å². The number of aromatic nitrogens is 1. The molecule has 33 heavy (non-hydrogen) atoms. The maximum Gasteiger partial charge on any atom is 0.278 e. The summed E-state index contributed by atoms with van der Waals surface area (Å²) in [5.41, 5.74) is 1.36. The van der Waals surface area contributed by atoms with Crippen LogP contribution < -0.4 is 10.0 Å². The highest BCUT2D eigenvalue weighted by Gasteiger charge is 2.37. The van der Waals surface area contributed by atoms with Gasteiger partial charge in [0.15, 0.2) is 0 Å². The average molecular weight is 483 g/mol. The normalized spacial score (nSPS) is 14.0. The SMILES string of the molecule is O=C1C(Cl)=C(Nc2ccc(S(=O)(=O)Nc3ccccn3)cc2)C(=O)N1CCc1ccccc1. The molecule has 0 radical (unpaired) electrons. The minimum absolute atomic E-state index is 0.0112. The van der Waals surface area contributed by atoms with Gasteiger partial charge in [-0.2, -0.15) is 0 Å². The summed E-state index contributed by atoms with van der Waals surface area (Å²) < 4.78 is 27.4. The zero-order chi connectivity index (χ0) is 23.4. The highest BCUT2D eigenvalue weighted by molar-refractivity contribution is 7.92. The number of amides is 2. The van der Waals surface area contributed by atoms with E-state index in [2.05, 4.69) is 15.0 Å². The number of hydrogen-bond acceptors (Lipinski definition) is 6. The van der Waals surface area contributed by atoms with E-state index in [-0.39, 0.29) is 28.0 Å². The van der Waals surface area contributed by atoms with Gasteiger partial charge in [-0.25, -0.2) is 13.4 Å². The van der Waals surface area contributed by atoms with Crippen molar-refractivity contribution in [3.8, 4) is 0 Å². The van der Waals surface area contributed by atoms with Crippen LogP contribution in [0.25, 0.3) is 0 Å². The zero-order valence-electron chi connectivity index (χ0n) is 17.2. The molecular formula is C23H19ClN4O4S. The van der Waals surface area contributed by atoms with Crippen molar-refractivity contribution in [1.82, 2.24) is 9.88 Å². The smallest absolute Gasteiger partial charge is 0.278 e. The summed E-state index contributed by atoms with van der Waals surface area (Å²) in [6.07, 6.45) is 1.98. The standard InChI is InChI=1S/C23H19ClN4O4S/c24-20-21(23(30)28(22(20)29)15-13-16-6-2-1-3-7-16)26-17-9-11-18(12-10-17)33(31,32)27-19-8-4-5-14-25-19/h1-12,14,26H,13,15H2,(H,25,27). The van der Waals surface area contributed by atoms with Gasteiger partial charge >= 0.3 is 0 Å². The quantitative estimate of drug-likeness (QED) is 0.476. The largest absolute Gasteiger partial charge is 0.350 e. The Labute approximate surface area is 196 Å². The summed E-state index contributed by atoms with van der Waals surface area (Å²) in [5, 5.41) is 2.63. The summed E-state index contributed by atoms with van der Waals surface area (Å²) in [5.74, 6) is -0.907. The number of carbonyl (C=O) groups is 2. The number of benzene rings is 2. The predicted molar refractivity (Wildman–Crippen MR) is 125 cm³/mol. The van der Waals surface area contributed by atoms with E-state index in [0.717, 1.165) is 10.5 Å². The van der Waals surface area contributed by atoms with Crippen molar-refractivity contribution in [3.63, 3.8) is 0 Å². The molecule has 2 amide bonds. The number of sulfonamides is 1. The molecule has 3 aromatic rings. The van der Waals surface area contributed by atoms with Crippen molar-refractivity contribution in [2.45, 2.75) is 11.3 Å². The van der Waals surface area contributed by atoms with Crippen LogP contribution in [0.3, 0.4) is 0 Å². The molecule has 8 nitrogen and oxygen atoms in total. The first kappa shape index (κ1) is 22.5. The topological polar surface area (TPSA) is 108 Å². The Morgan fingerprint density at radius 2 is 1.58 bits per heavy atom. The average Bonchev–Trinajstić information content (AvgIpc) is 3.02. The van der Waals surface area contributed by atoms with Crippen molar-refractivity contribution in [1.29, 1.82) is 0 Å². The van der Waals surface area contributed by atoms with Gasteiger partial charge < -0.3 is 5.32 Å². The number of halogens is 1. The zero-order valence-corrected chi connectivity index (χ0v) is 18.8. The Hall–Kier alpha value is -3.69. The van der Waals surface area contributed by atoms with Crippen LogP contribution in [-0.2, 0) is 26.0 Å². The molecule has 1 aliphatic rings. The molecule has 0 fully saturated rings. The van der Waals surface area contributed by atoms with Gasteiger partial charge in [0.2, 0.25) is 0 Å². The fraction of sp³-hybridized carbons (Fsp3) is 0.0870. The number of hydrogen-bond donors (Lipinski definition) is 2. The summed E-state index contributed by atoms with van der Waals surface area (Å²) in [4.78, 5) is 30.3. The van der Waals surface area contributed by atoms with Gasteiger partial charge in [-0.05, 0) is 48.4 Å². The van der Waals surface area contributed by atoms with E-state index in [4.69, 9.17) is 11.6 Å². The second-order valence-corrected chi connectivity index (χ2v) is 9.22. The lowest BCUT2D eigenvalue weighted by atomic mass is 10.1. The molecule has 1 aromatic heterocycles. The first-order valence-electron chi connectivity index (χ1n) is 9.96. The van der Waals surface area contributed by atoms with Crippen molar-refractivity contribution in [3.05, 3.63) is 95.3 Å². The number of anilines is 2. The van der Waals surface area contributed by atoms with Crippen molar-refractivity contribution in [2.75, 3.05) is 16.6 Å². The van der Waals surface area contributed by atoms with E-state index in [1.165, 1.54) is 36.5 Å². The second-order valence-electron chi connectivity index (χ2n) is 7.16. The number of carbonyl (C=O) groups excluding carboxylic acids is 2. The summed E-state index contributed by atoms with van der Waals surface area (Å²) in [6, 6.07) is 20.1. The Morgan fingerprint density at radius 1 is 0.879 bits per heavy atom. The molecule has 2 heterocycles. The minimum atomic E-state index is -3.84.